The molecule has 0 aliphatic rings. The van der Waals surface area contributed by atoms with Crippen LogP contribution in [0, 0.1) is 0 Å². The van der Waals surface area contributed by atoms with Gasteiger partial charge in [-0.05, 0) is 24.3 Å². The second kappa shape index (κ2) is 5.83. The highest BCUT2D eigenvalue weighted by atomic mass is 19.4. The Kier molecular flexibility index (Phi) is 3.69. The first kappa shape index (κ1) is 17.1. The van der Waals surface area contributed by atoms with Crippen molar-refractivity contribution < 1.29 is 17.9 Å². The predicted octanol–water partition coefficient (Wildman–Crippen LogP) is 3.30. The van der Waals surface area contributed by atoms with Gasteiger partial charge < -0.3 is 4.74 Å². The Hall–Kier alpha value is -3.36. The van der Waals surface area contributed by atoms with Crippen molar-refractivity contribution in [1.82, 2.24) is 19.3 Å². The number of ether oxygens (including phenoxy) is 1. The van der Waals surface area contributed by atoms with Gasteiger partial charge in [0.05, 0.1) is 12.8 Å². The number of benzene rings is 1. The van der Waals surface area contributed by atoms with Crippen LogP contribution in [0.15, 0.2) is 47.4 Å². The quantitative estimate of drug-likeness (QED) is 0.540. The monoisotopic (exact) mass is 374 g/mol. The Morgan fingerprint density at radius 1 is 1.11 bits per heavy atom. The summed E-state index contributed by atoms with van der Waals surface area (Å²) in [5.74, 6) is 0.459. The fourth-order valence-corrected chi connectivity index (χ4v) is 3.02. The van der Waals surface area contributed by atoms with Crippen molar-refractivity contribution in [3.63, 3.8) is 0 Å². The lowest BCUT2D eigenvalue weighted by Gasteiger charge is -2.13. The number of nitrogens with zero attached hydrogens (tertiary/aromatic N) is 4. The highest BCUT2D eigenvalue weighted by Crippen LogP contribution is 2.31. The van der Waals surface area contributed by atoms with E-state index in [1.54, 1.807) is 37.5 Å². The van der Waals surface area contributed by atoms with Crippen LogP contribution in [0.5, 0.6) is 5.75 Å². The summed E-state index contributed by atoms with van der Waals surface area (Å²) in [4.78, 5) is 16.8. The Balaban J connectivity index is 2.19. The number of fused-ring (bicyclic) bond motifs is 3. The Labute approximate surface area is 150 Å². The summed E-state index contributed by atoms with van der Waals surface area (Å²) in [7, 11) is 3.10. The molecule has 27 heavy (non-hydrogen) atoms. The van der Waals surface area contributed by atoms with Crippen molar-refractivity contribution in [2.45, 2.75) is 6.18 Å². The summed E-state index contributed by atoms with van der Waals surface area (Å²) in [6.07, 6.45) is -3.04. The number of alkyl halides is 3. The maximum atomic E-state index is 13.2. The van der Waals surface area contributed by atoms with Crippen LogP contribution in [0.2, 0.25) is 0 Å². The second-order valence-electron chi connectivity index (χ2n) is 5.97. The van der Waals surface area contributed by atoms with E-state index in [1.165, 1.54) is 17.9 Å². The van der Waals surface area contributed by atoms with Crippen LogP contribution in [-0.2, 0) is 13.2 Å². The first-order valence-electron chi connectivity index (χ1n) is 7.90. The number of rotatable bonds is 2. The normalized spacial score (nSPS) is 12.0. The van der Waals surface area contributed by atoms with Gasteiger partial charge in [-0.3, -0.25) is 14.0 Å². The molecule has 3 aromatic heterocycles. The van der Waals surface area contributed by atoms with Gasteiger partial charge in [0.2, 0.25) is 0 Å². The van der Waals surface area contributed by atoms with Gasteiger partial charge in [0, 0.05) is 30.1 Å². The van der Waals surface area contributed by atoms with Crippen molar-refractivity contribution in [3.8, 4) is 11.4 Å². The number of halogens is 3. The molecular weight excluding hydrogens is 361 g/mol. The number of aryl methyl sites for hydroxylation is 1. The molecule has 1 aromatic carbocycles. The van der Waals surface area contributed by atoms with Gasteiger partial charge in [-0.1, -0.05) is 6.07 Å². The molecule has 6 nitrogen and oxygen atoms in total. The van der Waals surface area contributed by atoms with E-state index in [4.69, 9.17) is 4.74 Å². The van der Waals surface area contributed by atoms with Gasteiger partial charge in [-0.15, -0.1) is 0 Å². The van der Waals surface area contributed by atoms with Crippen molar-refractivity contribution in [2.75, 3.05) is 7.11 Å². The standard InChI is InChI=1S/C18H13F3N4O2/c1-24-9-13-12-6-7-14(18(19,20)21)22-16(12)25(17(26)15(13)23-24)10-4-3-5-11(8-10)27-2/h3-9H,1-2H3. The lowest BCUT2D eigenvalue weighted by atomic mass is 10.1. The first-order valence-corrected chi connectivity index (χ1v) is 7.90. The number of pyridine rings is 2. The van der Waals surface area contributed by atoms with Crippen LogP contribution in [0.4, 0.5) is 13.2 Å². The molecule has 0 bridgehead atoms. The number of methoxy groups -OCH3 is 1. The molecule has 0 aliphatic carbocycles. The molecule has 0 saturated carbocycles. The number of hydrogen-bond acceptors (Lipinski definition) is 4. The molecule has 0 fully saturated rings. The van der Waals surface area contributed by atoms with E-state index >= 15 is 0 Å². The topological polar surface area (TPSA) is 61.9 Å². The fourth-order valence-electron chi connectivity index (χ4n) is 3.02. The molecule has 0 unspecified atom stereocenters. The average Bonchev–Trinajstić information content (AvgIpc) is 3.03. The fraction of sp³-hybridized carbons (Fsp3) is 0.167. The molecule has 0 saturated heterocycles. The van der Waals surface area contributed by atoms with E-state index in [0.717, 1.165) is 10.6 Å². The molecule has 0 aliphatic heterocycles. The Morgan fingerprint density at radius 3 is 2.59 bits per heavy atom. The minimum Gasteiger partial charge on any atom is -0.497 e. The van der Waals surface area contributed by atoms with Crippen molar-refractivity contribution in [2.24, 2.45) is 7.05 Å². The zero-order chi connectivity index (χ0) is 19.3. The van der Waals surface area contributed by atoms with Crippen LogP contribution in [-0.4, -0.2) is 26.4 Å². The number of hydrogen-bond donors (Lipinski definition) is 0. The third kappa shape index (κ3) is 2.71. The van der Waals surface area contributed by atoms with Gasteiger partial charge in [0.25, 0.3) is 5.56 Å². The van der Waals surface area contributed by atoms with Crippen LogP contribution in [0.3, 0.4) is 0 Å². The first-order chi connectivity index (χ1) is 12.8. The van der Waals surface area contributed by atoms with Crippen LogP contribution >= 0.6 is 0 Å². The van der Waals surface area contributed by atoms with Gasteiger partial charge in [-0.25, -0.2) is 4.98 Å². The smallest absolute Gasteiger partial charge is 0.433 e. The molecule has 3 heterocycles. The Morgan fingerprint density at radius 2 is 1.89 bits per heavy atom. The lowest BCUT2D eigenvalue weighted by Crippen LogP contribution is -2.21. The van der Waals surface area contributed by atoms with Crippen LogP contribution in [0.25, 0.3) is 27.6 Å². The molecule has 0 spiro atoms. The zero-order valence-electron chi connectivity index (χ0n) is 14.3. The third-order valence-electron chi connectivity index (χ3n) is 4.21. The minimum atomic E-state index is -4.63. The van der Waals surface area contributed by atoms with E-state index in [1.807, 2.05) is 0 Å². The maximum Gasteiger partial charge on any atom is 0.433 e. The van der Waals surface area contributed by atoms with Gasteiger partial charge in [-0.2, -0.15) is 18.3 Å². The van der Waals surface area contributed by atoms with Crippen LogP contribution < -0.4 is 10.3 Å². The van der Waals surface area contributed by atoms with E-state index in [-0.39, 0.29) is 11.2 Å². The minimum absolute atomic E-state index is 0.0939. The summed E-state index contributed by atoms with van der Waals surface area (Å²) in [5, 5.41) is 5.00. The van der Waals surface area contributed by atoms with E-state index in [2.05, 4.69) is 10.1 Å². The van der Waals surface area contributed by atoms with Gasteiger partial charge in [0.1, 0.15) is 17.1 Å². The molecule has 0 N–H and O–H groups in total. The lowest BCUT2D eigenvalue weighted by molar-refractivity contribution is -0.141. The molecule has 0 amide bonds. The molecule has 0 atom stereocenters. The highest BCUT2D eigenvalue weighted by molar-refractivity contribution is 6.03. The molecule has 9 heteroatoms. The molecular formula is C18H13F3N4O2. The molecule has 4 aromatic rings. The molecule has 0 radical (unpaired) electrons. The highest BCUT2D eigenvalue weighted by Gasteiger charge is 2.33. The summed E-state index contributed by atoms with van der Waals surface area (Å²) < 4.78 is 47.3. The maximum absolute atomic E-state index is 13.2. The van der Waals surface area contributed by atoms with E-state index in [9.17, 15) is 18.0 Å². The van der Waals surface area contributed by atoms with Crippen molar-refractivity contribution in [3.05, 3.63) is 58.6 Å². The number of aromatic nitrogens is 4. The van der Waals surface area contributed by atoms with Gasteiger partial charge >= 0.3 is 6.18 Å². The summed E-state index contributed by atoms with van der Waals surface area (Å²) in [6, 6.07) is 8.67. The average molecular weight is 374 g/mol. The summed E-state index contributed by atoms with van der Waals surface area (Å²) >= 11 is 0. The van der Waals surface area contributed by atoms with Gasteiger partial charge in [0.15, 0.2) is 5.52 Å². The SMILES string of the molecule is COc1cccc(-n2c(=O)c3nn(C)cc3c3ccc(C(F)(F)F)nc32)c1. The van der Waals surface area contributed by atoms with Crippen molar-refractivity contribution in [1.29, 1.82) is 0 Å². The molecule has 138 valence electrons. The molecule has 4 rings (SSSR count). The van der Waals surface area contributed by atoms with Crippen LogP contribution in [0.1, 0.15) is 5.69 Å². The Bertz CT molecular complexity index is 1240. The predicted molar refractivity (Wildman–Crippen MR) is 93.2 cm³/mol. The summed E-state index contributed by atoms with van der Waals surface area (Å²) in [6.45, 7) is 0. The zero-order valence-corrected chi connectivity index (χ0v) is 14.3. The van der Waals surface area contributed by atoms with Crippen molar-refractivity contribution >= 4 is 21.9 Å². The third-order valence-corrected chi connectivity index (χ3v) is 4.21. The van der Waals surface area contributed by atoms with E-state index < -0.39 is 17.4 Å². The van der Waals surface area contributed by atoms with E-state index in [0.29, 0.717) is 22.2 Å². The second-order valence-corrected chi connectivity index (χ2v) is 5.97. The summed E-state index contributed by atoms with van der Waals surface area (Å²) in [5.41, 5.74) is -1.24. The largest absolute Gasteiger partial charge is 0.497 e.